The second kappa shape index (κ2) is 5.88. The third-order valence-electron chi connectivity index (χ3n) is 2.73. The summed E-state index contributed by atoms with van der Waals surface area (Å²) in [5, 5.41) is 0.976. The van der Waals surface area contributed by atoms with Crippen molar-refractivity contribution in [3.05, 3.63) is 34.1 Å². The molecule has 2 heterocycles. The molecular weight excluding hydrogens is 324 g/mol. The molecule has 0 atom stereocenters. The van der Waals surface area contributed by atoms with Crippen LogP contribution in [0.25, 0.3) is 11.6 Å². The van der Waals surface area contributed by atoms with Crippen LogP contribution in [0.5, 0.6) is 0 Å². The van der Waals surface area contributed by atoms with Gasteiger partial charge in [-0.3, -0.25) is 9.97 Å². The van der Waals surface area contributed by atoms with Gasteiger partial charge in [0.1, 0.15) is 4.60 Å². The molecule has 0 amide bonds. The van der Waals surface area contributed by atoms with Crippen molar-refractivity contribution in [2.24, 2.45) is 7.05 Å². The van der Waals surface area contributed by atoms with Crippen LogP contribution in [0.2, 0.25) is 0 Å². The van der Waals surface area contributed by atoms with Gasteiger partial charge in [0.2, 0.25) is 0 Å². The fourth-order valence-electron chi connectivity index (χ4n) is 1.82. The molecule has 0 N–H and O–H groups in total. The summed E-state index contributed by atoms with van der Waals surface area (Å²) in [5.74, 6) is 0. The van der Waals surface area contributed by atoms with Crippen molar-refractivity contribution in [3.63, 3.8) is 0 Å². The molecule has 0 bridgehead atoms. The number of hydrogen-bond acceptors (Lipinski definition) is 4. The zero-order valence-electron chi connectivity index (χ0n) is 11.3. The maximum absolute atomic E-state index is 4.47. The lowest BCUT2D eigenvalue weighted by Gasteiger charge is -2.05. The largest absolute Gasteiger partial charge is 0.321 e. The van der Waals surface area contributed by atoms with E-state index in [1.807, 2.05) is 33.2 Å². The van der Waals surface area contributed by atoms with E-state index in [-0.39, 0.29) is 0 Å². The highest BCUT2D eigenvalue weighted by atomic mass is 79.9. The predicted molar refractivity (Wildman–Crippen MR) is 83.0 cm³/mol. The second-order valence-corrected chi connectivity index (χ2v) is 5.73. The molecule has 0 saturated heterocycles. The second-order valence-electron chi connectivity index (χ2n) is 4.21. The molecule has 2 rings (SSSR count). The lowest BCUT2D eigenvalue weighted by molar-refractivity contribution is 0.781. The molecule has 0 saturated carbocycles. The Morgan fingerprint density at radius 3 is 2.63 bits per heavy atom. The van der Waals surface area contributed by atoms with E-state index in [1.165, 1.54) is 0 Å². The van der Waals surface area contributed by atoms with Gasteiger partial charge in [-0.05, 0) is 47.7 Å². The number of imidazole rings is 1. The van der Waals surface area contributed by atoms with E-state index < -0.39 is 0 Å². The van der Waals surface area contributed by atoms with Crippen LogP contribution in [-0.4, -0.2) is 25.8 Å². The highest BCUT2D eigenvalue weighted by Gasteiger charge is 2.13. The molecule has 6 heteroatoms. The Labute approximate surface area is 125 Å². The van der Waals surface area contributed by atoms with Crippen LogP contribution in [0, 0.1) is 6.92 Å². The van der Waals surface area contributed by atoms with E-state index in [2.05, 4.69) is 35.4 Å². The Bertz CT molecular complexity index is 616. The fourth-order valence-corrected chi connectivity index (χ4v) is 3.23. The van der Waals surface area contributed by atoms with E-state index >= 15 is 0 Å². The molecule has 2 aromatic heterocycles. The van der Waals surface area contributed by atoms with Gasteiger partial charge in [-0.25, -0.2) is 4.98 Å². The first-order valence-electron chi connectivity index (χ1n) is 5.76. The maximum atomic E-state index is 4.47. The Morgan fingerprint density at radius 2 is 2.11 bits per heavy atom. The molecule has 0 aliphatic carbocycles. The number of allylic oxidation sites excluding steroid dienone is 1. The van der Waals surface area contributed by atoms with Gasteiger partial charge in [0.25, 0.3) is 0 Å². The third kappa shape index (κ3) is 3.06. The summed E-state index contributed by atoms with van der Waals surface area (Å²) in [6.07, 6.45) is 7.57. The highest BCUT2D eigenvalue weighted by molar-refractivity contribution is 9.10. The van der Waals surface area contributed by atoms with Gasteiger partial charge in [0, 0.05) is 13.2 Å². The van der Waals surface area contributed by atoms with Crippen LogP contribution in [0.4, 0.5) is 0 Å². The Kier molecular flexibility index (Phi) is 4.42. The zero-order valence-corrected chi connectivity index (χ0v) is 13.7. The molecule has 4 nitrogen and oxygen atoms in total. The summed E-state index contributed by atoms with van der Waals surface area (Å²) >= 11 is 5.13. The van der Waals surface area contributed by atoms with Crippen molar-refractivity contribution in [2.45, 2.75) is 19.0 Å². The molecule has 0 radical (unpaired) electrons. The van der Waals surface area contributed by atoms with Crippen molar-refractivity contribution in [3.8, 4) is 0 Å². The van der Waals surface area contributed by atoms with Gasteiger partial charge in [-0.1, -0.05) is 11.8 Å². The minimum atomic E-state index is 0.849. The molecule has 0 fully saturated rings. The SMILES string of the molecule is CSc1nc(Br)c(/C(C)=C/c2cnc(C)cn2)n1C. The topological polar surface area (TPSA) is 43.6 Å². The van der Waals surface area contributed by atoms with Gasteiger partial charge in [-0.15, -0.1) is 0 Å². The zero-order chi connectivity index (χ0) is 14.0. The summed E-state index contributed by atoms with van der Waals surface area (Å²) in [6.45, 7) is 3.98. The Hall–Kier alpha value is -1.14. The molecule has 0 aliphatic rings. The standard InChI is InChI=1S/C13H15BrN4S/c1-8(5-10-7-15-9(2)6-16-10)11-12(14)17-13(19-4)18(11)3/h5-7H,1-4H3/b8-5+. The third-order valence-corrected chi connectivity index (χ3v) is 4.02. The molecule has 0 aliphatic heterocycles. The van der Waals surface area contributed by atoms with Crippen LogP contribution >= 0.6 is 27.7 Å². The quantitative estimate of drug-likeness (QED) is 0.802. The molecular formula is C13H15BrN4S. The van der Waals surface area contributed by atoms with Gasteiger partial charge in [-0.2, -0.15) is 0 Å². The van der Waals surface area contributed by atoms with E-state index in [9.17, 15) is 0 Å². The molecule has 100 valence electrons. The maximum Gasteiger partial charge on any atom is 0.169 e. The molecule has 0 unspecified atom stereocenters. The van der Waals surface area contributed by atoms with Crippen molar-refractivity contribution >= 4 is 39.3 Å². The van der Waals surface area contributed by atoms with Crippen molar-refractivity contribution in [1.29, 1.82) is 0 Å². The van der Waals surface area contributed by atoms with Crippen LogP contribution in [0.15, 0.2) is 22.2 Å². The van der Waals surface area contributed by atoms with E-state index in [1.54, 1.807) is 24.2 Å². The molecule has 0 spiro atoms. The smallest absolute Gasteiger partial charge is 0.169 e. The summed E-state index contributed by atoms with van der Waals surface area (Å²) in [5.41, 5.74) is 3.93. The summed E-state index contributed by atoms with van der Waals surface area (Å²) in [6, 6.07) is 0. The Balaban J connectivity index is 2.41. The van der Waals surface area contributed by atoms with Crippen LogP contribution < -0.4 is 0 Å². The first-order chi connectivity index (χ1) is 9.02. The van der Waals surface area contributed by atoms with Crippen LogP contribution in [-0.2, 0) is 7.05 Å². The average molecular weight is 339 g/mol. The van der Waals surface area contributed by atoms with Crippen molar-refractivity contribution in [2.75, 3.05) is 6.26 Å². The van der Waals surface area contributed by atoms with Gasteiger partial charge in [0.15, 0.2) is 5.16 Å². The molecule has 2 aromatic rings. The monoisotopic (exact) mass is 338 g/mol. The molecule has 0 aromatic carbocycles. The van der Waals surface area contributed by atoms with E-state index in [4.69, 9.17) is 0 Å². The van der Waals surface area contributed by atoms with Gasteiger partial charge >= 0.3 is 0 Å². The van der Waals surface area contributed by atoms with Crippen molar-refractivity contribution < 1.29 is 0 Å². The van der Waals surface area contributed by atoms with Gasteiger partial charge < -0.3 is 4.57 Å². The first kappa shape index (κ1) is 14.3. The van der Waals surface area contributed by atoms with Crippen molar-refractivity contribution in [1.82, 2.24) is 19.5 Å². The summed E-state index contributed by atoms with van der Waals surface area (Å²) in [7, 11) is 2.01. The number of hydrogen-bond donors (Lipinski definition) is 0. The number of aryl methyl sites for hydroxylation is 1. The van der Waals surface area contributed by atoms with Crippen LogP contribution in [0.3, 0.4) is 0 Å². The van der Waals surface area contributed by atoms with Gasteiger partial charge in [0.05, 0.1) is 23.3 Å². The van der Waals surface area contributed by atoms with E-state index in [0.717, 1.165) is 32.4 Å². The summed E-state index contributed by atoms with van der Waals surface area (Å²) < 4.78 is 2.93. The Morgan fingerprint density at radius 1 is 1.37 bits per heavy atom. The number of halogens is 1. The lowest BCUT2D eigenvalue weighted by atomic mass is 10.2. The summed E-state index contributed by atoms with van der Waals surface area (Å²) in [4.78, 5) is 13.1. The first-order valence-corrected chi connectivity index (χ1v) is 7.78. The number of aromatic nitrogens is 4. The molecule has 19 heavy (non-hydrogen) atoms. The lowest BCUT2D eigenvalue weighted by Crippen LogP contribution is -1.96. The fraction of sp³-hybridized carbons (Fsp3) is 0.308. The average Bonchev–Trinajstić information content (AvgIpc) is 2.67. The number of nitrogens with zero attached hydrogens (tertiary/aromatic N) is 4. The number of thioether (sulfide) groups is 1. The highest BCUT2D eigenvalue weighted by Crippen LogP contribution is 2.28. The predicted octanol–water partition coefficient (Wildman–Crippen LogP) is 3.56. The minimum absolute atomic E-state index is 0.849. The normalized spacial score (nSPS) is 11.9. The van der Waals surface area contributed by atoms with E-state index in [0.29, 0.717) is 0 Å². The number of rotatable bonds is 3. The van der Waals surface area contributed by atoms with Crippen LogP contribution in [0.1, 0.15) is 24.0 Å². The minimum Gasteiger partial charge on any atom is -0.321 e.